The van der Waals surface area contributed by atoms with E-state index in [1.165, 1.54) is 7.11 Å². The average Bonchev–Trinajstić information content (AvgIpc) is 2.28. The van der Waals surface area contributed by atoms with Crippen molar-refractivity contribution in [2.45, 2.75) is 39.3 Å². The minimum atomic E-state index is -0.113. The van der Waals surface area contributed by atoms with E-state index in [0.717, 1.165) is 26.2 Å². The molecule has 0 amide bonds. The van der Waals surface area contributed by atoms with Crippen LogP contribution in [0.25, 0.3) is 0 Å². The van der Waals surface area contributed by atoms with Crippen LogP contribution in [0, 0.1) is 0 Å². The van der Waals surface area contributed by atoms with E-state index in [0.29, 0.717) is 12.5 Å². The van der Waals surface area contributed by atoms with Crippen molar-refractivity contribution >= 4 is 5.97 Å². The largest absolute Gasteiger partial charge is 0.469 e. The van der Waals surface area contributed by atoms with E-state index in [4.69, 9.17) is 4.74 Å². The molecule has 1 aliphatic heterocycles. The minimum absolute atomic E-state index is 0.113. The van der Waals surface area contributed by atoms with Crippen molar-refractivity contribution in [3.63, 3.8) is 0 Å². The summed E-state index contributed by atoms with van der Waals surface area (Å²) >= 11 is 0. The van der Waals surface area contributed by atoms with Gasteiger partial charge in [-0.25, -0.2) is 0 Å². The van der Waals surface area contributed by atoms with Gasteiger partial charge in [0.1, 0.15) is 0 Å². The second kappa shape index (κ2) is 6.21. The third-order valence-corrected chi connectivity index (χ3v) is 3.52. The summed E-state index contributed by atoms with van der Waals surface area (Å²) in [5.74, 6) is -0.113. The van der Waals surface area contributed by atoms with Crippen LogP contribution in [0.1, 0.15) is 27.2 Å². The lowest BCUT2D eigenvalue weighted by atomic mass is 10.1. The van der Waals surface area contributed by atoms with Gasteiger partial charge in [0.15, 0.2) is 0 Å². The molecule has 0 bridgehead atoms. The summed E-state index contributed by atoms with van der Waals surface area (Å²) in [6.07, 6.45) is 0.495. The van der Waals surface area contributed by atoms with Crippen molar-refractivity contribution < 1.29 is 9.53 Å². The number of ether oxygens (including phenoxy) is 1. The summed E-state index contributed by atoms with van der Waals surface area (Å²) in [6.45, 7) is 10.9. The molecule has 94 valence electrons. The van der Waals surface area contributed by atoms with Gasteiger partial charge in [-0.1, -0.05) is 6.92 Å². The number of hydrogen-bond acceptors (Lipinski definition) is 4. The zero-order valence-electron chi connectivity index (χ0n) is 10.9. The number of nitrogens with zero attached hydrogens (tertiary/aromatic N) is 2. The van der Waals surface area contributed by atoms with Crippen LogP contribution in [-0.4, -0.2) is 61.1 Å². The summed E-state index contributed by atoms with van der Waals surface area (Å²) in [7, 11) is 1.45. The molecular formula is C12H24N2O2. The van der Waals surface area contributed by atoms with Crippen molar-refractivity contribution in [3.8, 4) is 0 Å². The molecule has 0 spiro atoms. The van der Waals surface area contributed by atoms with Gasteiger partial charge < -0.3 is 4.74 Å². The summed E-state index contributed by atoms with van der Waals surface area (Å²) < 4.78 is 4.70. The highest BCUT2D eigenvalue weighted by atomic mass is 16.5. The number of esters is 1. The molecule has 1 fully saturated rings. The van der Waals surface area contributed by atoms with Gasteiger partial charge in [-0.3, -0.25) is 14.6 Å². The van der Waals surface area contributed by atoms with Gasteiger partial charge in [-0.15, -0.1) is 0 Å². The maximum absolute atomic E-state index is 11.2. The molecule has 16 heavy (non-hydrogen) atoms. The maximum Gasteiger partial charge on any atom is 0.307 e. The first-order valence-corrected chi connectivity index (χ1v) is 6.13. The Balaban J connectivity index is 2.41. The molecule has 1 heterocycles. The zero-order chi connectivity index (χ0) is 12.1. The normalized spacial score (nSPS) is 25.4. The third-order valence-electron chi connectivity index (χ3n) is 3.52. The zero-order valence-corrected chi connectivity index (χ0v) is 10.9. The first-order valence-electron chi connectivity index (χ1n) is 6.13. The Morgan fingerprint density at radius 2 is 2.19 bits per heavy atom. The summed E-state index contributed by atoms with van der Waals surface area (Å²) in [5, 5.41) is 0. The second-order valence-electron chi connectivity index (χ2n) is 4.60. The van der Waals surface area contributed by atoms with Crippen LogP contribution >= 0.6 is 0 Å². The summed E-state index contributed by atoms with van der Waals surface area (Å²) in [5.41, 5.74) is 0. The summed E-state index contributed by atoms with van der Waals surface area (Å²) in [4.78, 5) is 16.1. The highest BCUT2D eigenvalue weighted by Crippen LogP contribution is 2.13. The average molecular weight is 228 g/mol. The van der Waals surface area contributed by atoms with Crippen molar-refractivity contribution in [1.29, 1.82) is 0 Å². The number of rotatable bonds is 4. The fourth-order valence-corrected chi connectivity index (χ4v) is 2.35. The van der Waals surface area contributed by atoms with Gasteiger partial charge in [-0.2, -0.15) is 0 Å². The Morgan fingerprint density at radius 3 is 2.69 bits per heavy atom. The van der Waals surface area contributed by atoms with Crippen LogP contribution in [0.5, 0.6) is 0 Å². The fourth-order valence-electron chi connectivity index (χ4n) is 2.35. The van der Waals surface area contributed by atoms with Gasteiger partial charge in [0.2, 0.25) is 0 Å². The molecule has 0 aromatic heterocycles. The second-order valence-corrected chi connectivity index (χ2v) is 4.60. The van der Waals surface area contributed by atoms with Crippen molar-refractivity contribution in [3.05, 3.63) is 0 Å². The van der Waals surface area contributed by atoms with E-state index >= 15 is 0 Å². The number of hydrogen-bond donors (Lipinski definition) is 0. The minimum Gasteiger partial charge on any atom is -0.469 e. The van der Waals surface area contributed by atoms with Crippen LogP contribution in [0.2, 0.25) is 0 Å². The molecule has 2 atom stereocenters. The molecule has 0 aliphatic carbocycles. The highest BCUT2D eigenvalue weighted by molar-refractivity contribution is 5.69. The number of methoxy groups -OCH3 is 1. The van der Waals surface area contributed by atoms with E-state index < -0.39 is 0 Å². The fraction of sp³-hybridized carbons (Fsp3) is 0.917. The van der Waals surface area contributed by atoms with Gasteiger partial charge >= 0.3 is 5.97 Å². The Labute approximate surface area is 98.5 Å². The Kier molecular flexibility index (Phi) is 5.22. The number of piperazine rings is 1. The van der Waals surface area contributed by atoms with Crippen molar-refractivity contribution in [2.75, 3.05) is 33.3 Å². The molecule has 0 N–H and O–H groups in total. The van der Waals surface area contributed by atoms with Crippen molar-refractivity contribution in [1.82, 2.24) is 9.80 Å². The smallest absolute Gasteiger partial charge is 0.307 e. The van der Waals surface area contributed by atoms with E-state index in [9.17, 15) is 4.79 Å². The molecule has 0 saturated carbocycles. The first kappa shape index (κ1) is 13.5. The quantitative estimate of drug-likeness (QED) is 0.671. The number of carbonyl (C=O) groups excluding carboxylic acids is 1. The van der Waals surface area contributed by atoms with Gasteiger partial charge in [-0.05, 0) is 20.4 Å². The molecule has 4 nitrogen and oxygen atoms in total. The SMILES string of the molecule is CCN1CCN(C(C)CC(=O)OC)CC1C. The Bertz CT molecular complexity index is 233. The summed E-state index contributed by atoms with van der Waals surface area (Å²) in [6, 6.07) is 0.868. The van der Waals surface area contributed by atoms with Crippen LogP contribution < -0.4 is 0 Å². The van der Waals surface area contributed by atoms with Gasteiger partial charge in [0.05, 0.1) is 13.5 Å². The molecule has 0 radical (unpaired) electrons. The monoisotopic (exact) mass is 228 g/mol. The lowest BCUT2D eigenvalue weighted by Crippen LogP contribution is -2.54. The van der Waals surface area contributed by atoms with Crippen LogP contribution in [0.3, 0.4) is 0 Å². The van der Waals surface area contributed by atoms with Crippen LogP contribution in [-0.2, 0) is 9.53 Å². The molecule has 0 aromatic carbocycles. The molecule has 1 rings (SSSR count). The maximum atomic E-state index is 11.2. The lowest BCUT2D eigenvalue weighted by molar-refractivity contribution is -0.142. The Morgan fingerprint density at radius 1 is 1.50 bits per heavy atom. The molecule has 4 heteroatoms. The third kappa shape index (κ3) is 3.46. The highest BCUT2D eigenvalue weighted by Gasteiger charge is 2.26. The lowest BCUT2D eigenvalue weighted by Gasteiger charge is -2.41. The van der Waals surface area contributed by atoms with Gasteiger partial charge in [0, 0.05) is 31.7 Å². The Hall–Kier alpha value is -0.610. The molecule has 2 unspecified atom stereocenters. The van der Waals surface area contributed by atoms with E-state index in [-0.39, 0.29) is 12.0 Å². The molecule has 1 saturated heterocycles. The van der Waals surface area contributed by atoms with E-state index in [1.807, 2.05) is 0 Å². The standard InChI is InChI=1S/C12H24N2O2/c1-5-13-6-7-14(9-11(13)3)10(2)8-12(15)16-4/h10-11H,5-9H2,1-4H3. The topological polar surface area (TPSA) is 32.8 Å². The molecular weight excluding hydrogens is 204 g/mol. The first-order chi connectivity index (χ1) is 7.58. The predicted octanol–water partition coefficient (Wildman–Crippen LogP) is 0.964. The number of likely N-dealkylation sites (N-methyl/N-ethyl adjacent to an activating group) is 1. The number of carbonyl (C=O) groups is 1. The van der Waals surface area contributed by atoms with E-state index in [1.54, 1.807) is 0 Å². The predicted molar refractivity (Wildman–Crippen MR) is 64.4 cm³/mol. The van der Waals surface area contributed by atoms with E-state index in [2.05, 4.69) is 30.6 Å². The molecule has 1 aliphatic rings. The van der Waals surface area contributed by atoms with Crippen LogP contribution in [0.4, 0.5) is 0 Å². The van der Waals surface area contributed by atoms with Crippen molar-refractivity contribution in [2.24, 2.45) is 0 Å². The molecule has 0 aromatic rings. The van der Waals surface area contributed by atoms with Crippen LogP contribution in [0.15, 0.2) is 0 Å². The van der Waals surface area contributed by atoms with Gasteiger partial charge in [0.25, 0.3) is 0 Å².